The summed E-state index contributed by atoms with van der Waals surface area (Å²) in [6, 6.07) is 82.8. The van der Waals surface area contributed by atoms with Crippen molar-refractivity contribution in [1.82, 2.24) is 0 Å². The first-order valence-corrected chi connectivity index (χ1v) is 20.7. The molecule has 11 rings (SSSR count). The van der Waals surface area contributed by atoms with Crippen LogP contribution >= 0.6 is 0 Å². The van der Waals surface area contributed by atoms with Crippen molar-refractivity contribution in [3.8, 4) is 44.5 Å². The van der Waals surface area contributed by atoms with E-state index in [1.54, 1.807) is 0 Å². The minimum absolute atomic E-state index is 0.0462. The Hall–Kier alpha value is -7.22. The maximum Gasteiger partial charge on any atom is 0.0713 e. The number of hydrogen-bond donors (Lipinski definition) is 0. The largest absolute Gasteiger partial charge is 0.310 e. The van der Waals surface area contributed by atoms with Crippen molar-refractivity contribution in [1.29, 1.82) is 0 Å². The Morgan fingerprint density at radius 1 is 0.288 bits per heavy atom. The molecule has 0 radical (unpaired) electrons. The number of anilines is 3. The Labute approximate surface area is 347 Å². The van der Waals surface area contributed by atoms with E-state index in [1.807, 2.05) is 0 Å². The first kappa shape index (κ1) is 35.0. The number of nitrogens with zero attached hydrogens (tertiary/aromatic N) is 1. The highest BCUT2D eigenvalue weighted by Crippen LogP contribution is 2.57. The van der Waals surface area contributed by atoms with Crippen LogP contribution < -0.4 is 4.90 Å². The van der Waals surface area contributed by atoms with Gasteiger partial charge in [-0.15, -0.1) is 0 Å². The third-order valence-electron chi connectivity index (χ3n) is 13.0. The minimum Gasteiger partial charge on any atom is -0.310 e. The van der Waals surface area contributed by atoms with Gasteiger partial charge < -0.3 is 4.90 Å². The van der Waals surface area contributed by atoms with Crippen LogP contribution in [0, 0.1) is 0 Å². The van der Waals surface area contributed by atoms with Crippen LogP contribution in [-0.4, -0.2) is 0 Å². The molecule has 2 aliphatic carbocycles. The van der Waals surface area contributed by atoms with Crippen molar-refractivity contribution < 1.29 is 0 Å². The molecule has 0 saturated carbocycles. The summed E-state index contributed by atoms with van der Waals surface area (Å²) in [5.41, 5.74) is 20.9. The normalized spacial score (nSPS) is 13.9. The minimum atomic E-state index is -0.442. The predicted molar refractivity (Wildman–Crippen MR) is 247 cm³/mol. The molecule has 0 saturated heterocycles. The van der Waals surface area contributed by atoms with E-state index in [-0.39, 0.29) is 5.41 Å². The van der Waals surface area contributed by atoms with E-state index in [2.05, 4.69) is 243 Å². The zero-order chi connectivity index (χ0) is 39.6. The van der Waals surface area contributed by atoms with Gasteiger partial charge in [-0.05, 0) is 120 Å². The third kappa shape index (κ3) is 5.46. The van der Waals surface area contributed by atoms with Crippen LogP contribution in [-0.2, 0) is 10.8 Å². The molecule has 0 unspecified atom stereocenters. The maximum atomic E-state index is 2.42. The molecule has 0 N–H and O–H groups in total. The average molecular weight is 754 g/mol. The SMILES string of the molecule is CC1(C)c2ccccc2-c2ccc(-c3ccc(N(c4ccc(-c5ccccc5)cc4)c4ccc5c(c4)-c4ccccc4C5(c4ccccc4)c4ccccc4)cc3)cc21. The summed E-state index contributed by atoms with van der Waals surface area (Å²) < 4.78 is 0. The third-order valence-corrected chi connectivity index (χ3v) is 13.0. The molecule has 0 atom stereocenters. The van der Waals surface area contributed by atoms with Crippen LogP contribution in [0.5, 0.6) is 0 Å². The van der Waals surface area contributed by atoms with Gasteiger partial charge in [0.05, 0.1) is 5.41 Å². The average Bonchev–Trinajstić information content (AvgIpc) is 3.73. The van der Waals surface area contributed by atoms with E-state index in [1.165, 1.54) is 77.9 Å². The molecule has 0 spiro atoms. The molecular formula is C58H43N. The Morgan fingerprint density at radius 2 is 0.712 bits per heavy atom. The summed E-state index contributed by atoms with van der Waals surface area (Å²) in [5, 5.41) is 0. The molecule has 0 bridgehead atoms. The molecule has 280 valence electrons. The lowest BCUT2D eigenvalue weighted by Gasteiger charge is -2.34. The monoisotopic (exact) mass is 753 g/mol. The number of rotatable bonds is 7. The molecule has 9 aromatic rings. The van der Waals surface area contributed by atoms with E-state index >= 15 is 0 Å². The number of hydrogen-bond acceptors (Lipinski definition) is 1. The lowest BCUT2D eigenvalue weighted by Crippen LogP contribution is -2.28. The summed E-state index contributed by atoms with van der Waals surface area (Å²) >= 11 is 0. The van der Waals surface area contributed by atoms with Gasteiger partial charge in [0.25, 0.3) is 0 Å². The van der Waals surface area contributed by atoms with Gasteiger partial charge in [0.15, 0.2) is 0 Å². The molecule has 0 fully saturated rings. The van der Waals surface area contributed by atoms with E-state index in [4.69, 9.17) is 0 Å². The van der Waals surface area contributed by atoms with Gasteiger partial charge in [-0.2, -0.15) is 0 Å². The second kappa shape index (κ2) is 13.7. The first-order chi connectivity index (χ1) is 29.0. The summed E-state index contributed by atoms with van der Waals surface area (Å²) in [6.07, 6.45) is 0. The quantitative estimate of drug-likeness (QED) is 0.157. The Kier molecular flexibility index (Phi) is 8.13. The number of benzene rings is 9. The van der Waals surface area contributed by atoms with Crippen LogP contribution in [0.4, 0.5) is 17.1 Å². The molecule has 2 aliphatic rings. The maximum absolute atomic E-state index is 2.42. The molecule has 0 aliphatic heterocycles. The van der Waals surface area contributed by atoms with Gasteiger partial charge in [-0.1, -0.05) is 196 Å². The summed E-state index contributed by atoms with van der Waals surface area (Å²) in [4.78, 5) is 2.41. The van der Waals surface area contributed by atoms with Gasteiger partial charge in [-0.25, -0.2) is 0 Å². The lowest BCUT2D eigenvalue weighted by molar-refractivity contribution is 0.660. The molecule has 0 amide bonds. The van der Waals surface area contributed by atoms with Gasteiger partial charge >= 0.3 is 0 Å². The van der Waals surface area contributed by atoms with Crippen LogP contribution in [0.25, 0.3) is 44.5 Å². The smallest absolute Gasteiger partial charge is 0.0713 e. The van der Waals surface area contributed by atoms with Crippen LogP contribution in [0.2, 0.25) is 0 Å². The van der Waals surface area contributed by atoms with Gasteiger partial charge in [0, 0.05) is 22.5 Å². The lowest BCUT2D eigenvalue weighted by atomic mass is 9.68. The predicted octanol–water partition coefficient (Wildman–Crippen LogP) is 15.2. The van der Waals surface area contributed by atoms with Crippen LogP contribution in [0.3, 0.4) is 0 Å². The zero-order valence-corrected chi connectivity index (χ0v) is 33.3. The van der Waals surface area contributed by atoms with Crippen molar-refractivity contribution in [3.63, 3.8) is 0 Å². The van der Waals surface area contributed by atoms with Crippen LogP contribution in [0.1, 0.15) is 47.2 Å². The topological polar surface area (TPSA) is 3.24 Å². The highest BCUT2D eigenvalue weighted by molar-refractivity contribution is 5.91. The fraction of sp³-hybridized carbons (Fsp3) is 0.0690. The molecule has 1 heteroatoms. The van der Waals surface area contributed by atoms with Crippen molar-refractivity contribution in [2.75, 3.05) is 4.90 Å². The van der Waals surface area contributed by atoms with E-state index in [9.17, 15) is 0 Å². The molecule has 0 aromatic heterocycles. The highest BCUT2D eigenvalue weighted by atomic mass is 15.1. The van der Waals surface area contributed by atoms with Crippen LogP contribution in [0.15, 0.2) is 224 Å². The van der Waals surface area contributed by atoms with Crippen molar-refractivity contribution >= 4 is 17.1 Å². The van der Waals surface area contributed by atoms with Gasteiger partial charge in [0.1, 0.15) is 0 Å². The molecule has 59 heavy (non-hydrogen) atoms. The van der Waals surface area contributed by atoms with E-state index in [0.717, 1.165) is 17.1 Å². The zero-order valence-electron chi connectivity index (χ0n) is 33.3. The molecule has 9 aromatic carbocycles. The Bertz CT molecular complexity index is 2940. The standard InChI is InChI=1S/C58H43N/c1-57(2)53-24-14-12-22-49(53)51-36-30-43(38-56(51)57)42-28-33-47(34-29-42)59(46-31-26-41(27-32-46)40-16-6-3-7-17-40)48-35-37-55-52(39-48)50-23-13-15-25-54(50)58(55,44-18-8-4-9-19-44)45-20-10-5-11-21-45/h3-39H,1-2H3. The molecular weight excluding hydrogens is 711 g/mol. The Morgan fingerprint density at radius 3 is 1.32 bits per heavy atom. The van der Waals surface area contributed by atoms with Crippen molar-refractivity contribution in [3.05, 3.63) is 258 Å². The van der Waals surface area contributed by atoms with E-state index < -0.39 is 5.41 Å². The van der Waals surface area contributed by atoms with Crippen molar-refractivity contribution in [2.45, 2.75) is 24.7 Å². The second-order valence-corrected chi connectivity index (χ2v) is 16.5. The molecule has 0 heterocycles. The summed E-state index contributed by atoms with van der Waals surface area (Å²) in [6.45, 7) is 4.70. The summed E-state index contributed by atoms with van der Waals surface area (Å²) in [5.74, 6) is 0. The summed E-state index contributed by atoms with van der Waals surface area (Å²) in [7, 11) is 0. The van der Waals surface area contributed by atoms with Gasteiger partial charge in [0.2, 0.25) is 0 Å². The fourth-order valence-corrected chi connectivity index (χ4v) is 10.1. The second-order valence-electron chi connectivity index (χ2n) is 16.5. The number of fused-ring (bicyclic) bond motifs is 6. The van der Waals surface area contributed by atoms with Crippen molar-refractivity contribution in [2.24, 2.45) is 0 Å². The van der Waals surface area contributed by atoms with E-state index in [0.29, 0.717) is 0 Å². The Balaban J connectivity index is 1.05. The fourth-order valence-electron chi connectivity index (χ4n) is 10.1. The highest BCUT2D eigenvalue weighted by Gasteiger charge is 2.46. The van der Waals surface area contributed by atoms with Gasteiger partial charge in [-0.3, -0.25) is 0 Å². The first-order valence-electron chi connectivity index (χ1n) is 20.7. The molecule has 1 nitrogen and oxygen atoms in total.